The predicted molar refractivity (Wildman–Crippen MR) is 66.4 cm³/mol. The number of methoxy groups -OCH3 is 2. The summed E-state index contributed by atoms with van der Waals surface area (Å²) in [6.45, 7) is 5.35. The van der Waals surface area contributed by atoms with Crippen LogP contribution in [0.3, 0.4) is 0 Å². The molecule has 2 unspecified atom stereocenters. The summed E-state index contributed by atoms with van der Waals surface area (Å²) in [4.78, 5) is 22.7. The van der Waals surface area contributed by atoms with Gasteiger partial charge in [-0.2, -0.15) is 0 Å². The lowest BCUT2D eigenvalue weighted by molar-refractivity contribution is -0.151. The van der Waals surface area contributed by atoms with Crippen molar-refractivity contribution in [2.75, 3.05) is 27.0 Å². The average molecular weight is 278 g/mol. The lowest BCUT2D eigenvalue weighted by atomic mass is 10.1. The first kappa shape index (κ1) is 16.9. The highest BCUT2D eigenvalue weighted by Crippen LogP contribution is 2.50. The molecule has 0 aliphatic carbocycles. The Bertz CT molecular complexity index is 351. The maximum atomic E-state index is 12.2. The number of hydrogen-bond acceptors (Lipinski definition) is 6. The molecule has 0 rings (SSSR count). The van der Waals surface area contributed by atoms with Crippen molar-refractivity contribution < 1.29 is 28.2 Å². The molecule has 0 spiro atoms. The molecule has 0 aromatic carbocycles. The van der Waals surface area contributed by atoms with E-state index in [1.165, 1.54) is 20.0 Å². The van der Waals surface area contributed by atoms with E-state index < -0.39 is 25.2 Å². The molecule has 0 aliphatic heterocycles. The standard InChI is InChI=1S/C11H19O6P/c1-5-17-18(14,6-2)8-9(11(13)16-4)7-10(12)15-3/h6,9H,2,5,7-8H2,1,3-4H3. The summed E-state index contributed by atoms with van der Waals surface area (Å²) in [5, 5.41) is 0. The van der Waals surface area contributed by atoms with E-state index in [4.69, 9.17) is 4.52 Å². The first-order valence-electron chi connectivity index (χ1n) is 5.44. The van der Waals surface area contributed by atoms with E-state index in [2.05, 4.69) is 16.1 Å². The molecule has 7 heteroatoms. The Balaban J connectivity index is 4.87. The van der Waals surface area contributed by atoms with Gasteiger partial charge in [0.05, 0.1) is 33.2 Å². The van der Waals surface area contributed by atoms with E-state index in [0.29, 0.717) is 0 Å². The van der Waals surface area contributed by atoms with E-state index in [1.54, 1.807) is 6.92 Å². The zero-order chi connectivity index (χ0) is 14.2. The molecule has 0 fully saturated rings. The monoisotopic (exact) mass is 278 g/mol. The highest BCUT2D eigenvalue weighted by molar-refractivity contribution is 7.62. The van der Waals surface area contributed by atoms with Crippen LogP contribution in [0.1, 0.15) is 13.3 Å². The third-order valence-corrected chi connectivity index (χ3v) is 4.48. The minimum atomic E-state index is -3.13. The average Bonchev–Trinajstić information content (AvgIpc) is 2.37. The van der Waals surface area contributed by atoms with Gasteiger partial charge in [0.15, 0.2) is 0 Å². The smallest absolute Gasteiger partial charge is 0.309 e. The van der Waals surface area contributed by atoms with Crippen LogP contribution >= 0.6 is 7.37 Å². The van der Waals surface area contributed by atoms with Crippen molar-refractivity contribution in [1.29, 1.82) is 0 Å². The van der Waals surface area contributed by atoms with Crippen LogP contribution in [-0.4, -0.2) is 38.9 Å². The fourth-order valence-electron chi connectivity index (χ4n) is 1.38. The number of ether oxygens (including phenoxy) is 2. The van der Waals surface area contributed by atoms with Gasteiger partial charge in [0, 0.05) is 6.16 Å². The Labute approximate surface area is 107 Å². The van der Waals surface area contributed by atoms with E-state index in [9.17, 15) is 14.2 Å². The summed E-state index contributed by atoms with van der Waals surface area (Å²) in [6, 6.07) is 0. The second-order valence-electron chi connectivity index (χ2n) is 3.51. The molecule has 0 radical (unpaired) electrons. The number of esters is 2. The largest absolute Gasteiger partial charge is 0.469 e. The maximum Gasteiger partial charge on any atom is 0.309 e. The highest BCUT2D eigenvalue weighted by Gasteiger charge is 2.31. The van der Waals surface area contributed by atoms with Crippen LogP contribution in [0.2, 0.25) is 0 Å². The highest BCUT2D eigenvalue weighted by atomic mass is 31.2. The van der Waals surface area contributed by atoms with Gasteiger partial charge in [-0.05, 0) is 12.7 Å². The molecule has 18 heavy (non-hydrogen) atoms. The molecular weight excluding hydrogens is 259 g/mol. The number of carbonyl (C=O) groups excluding carboxylic acids is 2. The Morgan fingerprint density at radius 1 is 1.33 bits per heavy atom. The van der Waals surface area contributed by atoms with Crippen molar-refractivity contribution in [1.82, 2.24) is 0 Å². The summed E-state index contributed by atoms with van der Waals surface area (Å²) < 4.78 is 26.3. The number of hydrogen-bond donors (Lipinski definition) is 0. The maximum absolute atomic E-state index is 12.2. The molecule has 0 N–H and O–H groups in total. The molecule has 0 aliphatic rings. The van der Waals surface area contributed by atoms with Gasteiger partial charge in [0.25, 0.3) is 0 Å². The zero-order valence-corrected chi connectivity index (χ0v) is 11.8. The number of carbonyl (C=O) groups is 2. The molecule has 0 aromatic rings. The Morgan fingerprint density at radius 3 is 2.33 bits per heavy atom. The summed E-state index contributed by atoms with van der Waals surface area (Å²) in [5.74, 6) is -0.874. The molecular formula is C11H19O6P. The lowest BCUT2D eigenvalue weighted by Crippen LogP contribution is -2.24. The van der Waals surface area contributed by atoms with E-state index in [1.807, 2.05) is 0 Å². The van der Waals surface area contributed by atoms with Crippen molar-refractivity contribution in [3.63, 3.8) is 0 Å². The van der Waals surface area contributed by atoms with Gasteiger partial charge in [-0.1, -0.05) is 6.58 Å². The van der Waals surface area contributed by atoms with Gasteiger partial charge in [-0.15, -0.1) is 0 Å². The van der Waals surface area contributed by atoms with Gasteiger partial charge >= 0.3 is 11.9 Å². The van der Waals surface area contributed by atoms with E-state index in [-0.39, 0.29) is 19.2 Å². The molecule has 2 atom stereocenters. The predicted octanol–water partition coefficient (Wildman–Crippen LogP) is 1.80. The minimum absolute atomic E-state index is 0.119. The van der Waals surface area contributed by atoms with Gasteiger partial charge < -0.3 is 14.0 Å². The molecule has 0 heterocycles. The fourth-order valence-corrected chi connectivity index (χ4v) is 3.07. The van der Waals surface area contributed by atoms with E-state index in [0.717, 1.165) is 0 Å². The van der Waals surface area contributed by atoms with Crippen molar-refractivity contribution in [2.45, 2.75) is 13.3 Å². The SMILES string of the molecule is C=CP(=O)(CC(CC(=O)OC)C(=O)OC)OCC. The van der Waals surface area contributed by atoms with Gasteiger partial charge in [0.1, 0.15) is 0 Å². The van der Waals surface area contributed by atoms with Crippen LogP contribution in [0.4, 0.5) is 0 Å². The quantitative estimate of drug-likeness (QED) is 0.497. The third kappa shape index (κ3) is 5.47. The molecule has 6 nitrogen and oxygen atoms in total. The van der Waals surface area contributed by atoms with Crippen molar-refractivity contribution >= 4 is 19.3 Å². The molecule has 0 saturated carbocycles. The molecule has 0 saturated heterocycles. The topological polar surface area (TPSA) is 78.9 Å². The van der Waals surface area contributed by atoms with Gasteiger partial charge in [0.2, 0.25) is 7.37 Å². The molecule has 104 valence electrons. The Hall–Kier alpha value is -1.13. The Kier molecular flexibility index (Phi) is 7.55. The number of rotatable bonds is 8. The van der Waals surface area contributed by atoms with Crippen LogP contribution in [0.5, 0.6) is 0 Å². The minimum Gasteiger partial charge on any atom is -0.469 e. The van der Waals surface area contributed by atoms with Crippen LogP contribution < -0.4 is 0 Å². The summed E-state index contributed by atoms with van der Waals surface area (Å²) in [7, 11) is -0.720. The van der Waals surface area contributed by atoms with Crippen molar-refractivity contribution in [3.8, 4) is 0 Å². The summed E-state index contributed by atoms with van der Waals surface area (Å²) in [5.41, 5.74) is 0. The third-order valence-electron chi connectivity index (χ3n) is 2.28. The van der Waals surface area contributed by atoms with Crippen LogP contribution in [0.25, 0.3) is 0 Å². The summed E-state index contributed by atoms with van der Waals surface area (Å²) >= 11 is 0. The normalized spacial score (nSPS) is 15.3. The van der Waals surface area contributed by atoms with Crippen LogP contribution in [0, 0.1) is 5.92 Å². The fraction of sp³-hybridized carbons (Fsp3) is 0.636. The van der Waals surface area contributed by atoms with Gasteiger partial charge in [-0.3, -0.25) is 14.2 Å². The van der Waals surface area contributed by atoms with Crippen molar-refractivity contribution in [3.05, 3.63) is 12.4 Å². The zero-order valence-electron chi connectivity index (χ0n) is 10.9. The van der Waals surface area contributed by atoms with E-state index >= 15 is 0 Å². The first-order valence-corrected chi connectivity index (χ1v) is 7.31. The molecule has 0 bridgehead atoms. The van der Waals surface area contributed by atoms with Crippen LogP contribution in [0.15, 0.2) is 12.4 Å². The van der Waals surface area contributed by atoms with Crippen molar-refractivity contribution in [2.24, 2.45) is 5.92 Å². The molecule has 0 aromatic heterocycles. The van der Waals surface area contributed by atoms with Crippen LogP contribution in [-0.2, 0) is 28.2 Å². The molecule has 0 amide bonds. The Morgan fingerprint density at radius 2 is 1.94 bits per heavy atom. The van der Waals surface area contributed by atoms with Gasteiger partial charge in [-0.25, -0.2) is 0 Å². The summed E-state index contributed by atoms with van der Waals surface area (Å²) in [6.07, 6.45) is -0.319. The second-order valence-corrected chi connectivity index (χ2v) is 5.95. The second kappa shape index (κ2) is 8.06. The first-order chi connectivity index (χ1) is 8.42. The lowest BCUT2D eigenvalue weighted by Gasteiger charge is -2.19.